The third-order valence-corrected chi connectivity index (χ3v) is 4.00. The maximum Gasteiger partial charge on any atom is 0.267 e. The molecule has 4 N–H and O–H groups in total. The third-order valence-electron chi connectivity index (χ3n) is 3.18. The third kappa shape index (κ3) is 4.51. The summed E-state index contributed by atoms with van der Waals surface area (Å²) in [5.41, 5.74) is 8.21. The van der Waals surface area contributed by atoms with E-state index in [9.17, 15) is 10.1 Å². The van der Waals surface area contributed by atoms with Crippen molar-refractivity contribution >= 4 is 50.5 Å². The molecule has 0 fully saturated rings. The minimum Gasteiger partial charge on any atom is -0.398 e. The van der Waals surface area contributed by atoms with Crippen LogP contribution >= 0.6 is 27.5 Å². The molecule has 122 valence electrons. The largest absolute Gasteiger partial charge is 0.398 e. The van der Waals surface area contributed by atoms with E-state index in [1.165, 1.54) is 12.3 Å². The predicted octanol–water partition coefficient (Wildman–Crippen LogP) is 4.45. The van der Waals surface area contributed by atoms with Crippen LogP contribution in [-0.2, 0) is 4.79 Å². The summed E-state index contributed by atoms with van der Waals surface area (Å²) in [6, 6.07) is 12.2. The molecule has 0 spiro atoms. The number of nitrogens with zero attached hydrogens (tertiary/aromatic N) is 1. The number of aryl methyl sites for hydroxylation is 1. The summed E-state index contributed by atoms with van der Waals surface area (Å²) in [4.78, 5) is 12.2. The highest BCUT2D eigenvalue weighted by Gasteiger charge is 2.10. The first kappa shape index (κ1) is 17.9. The minimum atomic E-state index is -0.541. The van der Waals surface area contributed by atoms with E-state index in [1.807, 2.05) is 31.2 Å². The molecule has 24 heavy (non-hydrogen) atoms. The Morgan fingerprint density at radius 3 is 2.71 bits per heavy atom. The van der Waals surface area contributed by atoms with Crippen LogP contribution in [0.2, 0.25) is 5.02 Å². The zero-order valence-corrected chi connectivity index (χ0v) is 15.1. The molecule has 2 aromatic carbocycles. The van der Waals surface area contributed by atoms with E-state index in [0.717, 1.165) is 15.7 Å². The monoisotopic (exact) mass is 404 g/mol. The van der Waals surface area contributed by atoms with Gasteiger partial charge in [-0.05, 0) is 48.9 Å². The average Bonchev–Trinajstić information content (AvgIpc) is 2.53. The van der Waals surface area contributed by atoms with E-state index in [1.54, 1.807) is 12.1 Å². The summed E-state index contributed by atoms with van der Waals surface area (Å²) >= 11 is 9.29. The van der Waals surface area contributed by atoms with E-state index < -0.39 is 5.91 Å². The van der Waals surface area contributed by atoms with Gasteiger partial charge < -0.3 is 16.4 Å². The molecule has 0 aliphatic rings. The summed E-state index contributed by atoms with van der Waals surface area (Å²) in [5.74, 6) is -0.541. The van der Waals surface area contributed by atoms with Crippen LogP contribution in [0.4, 0.5) is 17.1 Å². The lowest BCUT2D eigenvalue weighted by Gasteiger charge is -2.08. The average molecular weight is 406 g/mol. The Labute approximate surface area is 153 Å². The number of carbonyl (C=O) groups is 1. The van der Waals surface area contributed by atoms with Crippen molar-refractivity contribution in [3.05, 3.63) is 63.2 Å². The Hall–Kier alpha value is -2.49. The highest BCUT2D eigenvalue weighted by molar-refractivity contribution is 9.10. The summed E-state index contributed by atoms with van der Waals surface area (Å²) in [6.45, 7) is 1.92. The number of halogens is 2. The Balaban J connectivity index is 2.13. The van der Waals surface area contributed by atoms with Crippen molar-refractivity contribution in [3.63, 3.8) is 0 Å². The van der Waals surface area contributed by atoms with Gasteiger partial charge in [0.2, 0.25) is 0 Å². The topological polar surface area (TPSA) is 90.9 Å². The van der Waals surface area contributed by atoms with Crippen molar-refractivity contribution in [1.29, 1.82) is 5.26 Å². The Morgan fingerprint density at radius 1 is 1.33 bits per heavy atom. The van der Waals surface area contributed by atoms with Gasteiger partial charge >= 0.3 is 0 Å². The standard InChI is InChI=1S/C17H14BrClN4O/c1-10-6-12(18)2-5-16(10)22-9-11(8-20)17(24)23-13-3-4-15(21)14(19)7-13/h2-7,9,22H,21H2,1H3,(H,23,24)/b11-9-. The number of rotatable bonds is 4. The van der Waals surface area contributed by atoms with Crippen molar-refractivity contribution < 1.29 is 4.79 Å². The summed E-state index contributed by atoms with van der Waals surface area (Å²) < 4.78 is 0.952. The second kappa shape index (κ2) is 7.86. The van der Waals surface area contributed by atoms with E-state index in [2.05, 4.69) is 26.6 Å². The van der Waals surface area contributed by atoms with E-state index in [0.29, 0.717) is 16.4 Å². The molecule has 7 heteroatoms. The number of anilines is 3. The van der Waals surface area contributed by atoms with Gasteiger partial charge in [-0.25, -0.2) is 0 Å². The number of carbonyl (C=O) groups excluding carboxylic acids is 1. The van der Waals surface area contributed by atoms with Crippen molar-refractivity contribution in [2.24, 2.45) is 0 Å². The molecule has 2 aromatic rings. The van der Waals surface area contributed by atoms with Gasteiger partial charge in [0.1, 0.15) is 11.6 Å². The molecule has 0 aromatic heterocycles. The lowest BCUT2D eigenvalue weighted by atomic mass is 10.2. The molecule has 0 heterocycles. The molecule has 0 aliphatic heterocycles. The van der Waals surface area contributed by atoms with Crippen LogP contribution in [0, 0.1) is 18.3 Å². The molecule has 0 saturated carbocycles. The van der Waals surface area contributed by atoms with Crippen LogP contribution in [0.5, 0.6) is 0 Å². The fraction of sp³-hybridized carbons (Fsp3) is 0.0588. The first-order valence-corrected chi connectivity index (χ1v) is 8.07. The SMILES string of the molecule is Cc1cc(Br)ccc1N/C=C(/C#N)C(=O)Nc1ccc(N)c(Cl)c1. The Kier molecular flexibility index (Phi) is 5.85. The van der Waals surface area contributed by atoms with Crippen molar-refractivity contribution in [2.45, 2.75) is 6.92 Å². The summed E-state index contributed by atoms with van der Waals surface area (Å²) in [6.07, 6.45) is 1.37. The molecule has 0 aliphatic carbocycles. The Bertz CT molecular complexity index is 858. The second-order valence-corrected chi connectivity index (χ2v) is 6.29. The quantitative estimate of drug-likeness (QED) is 0.398. The normalized spacial score (nSPS) is 10.8. The number of nitrogens with two attached hydrogens (primary N) is 1. The predicted molar refractivity (Wildman–Crippen MR) is 101 cm³/mol. The van der Waals surface area contributed by atoms with Gasteiger partial charge in [0.15, 0.2) is 0 Å². The highest BCUT2D eigenvalue weighted by Crippen LogP contribution is 2.23. The van der Waals surface area contributed by atoms with Crippen LogP contribution in [0.15, 0.2) is 52.6 Å². The fourth-order valence-electron chi connectivity index (χ4n) is 1.89. The zero-order chi connectivity index (χ0) is 17.7. The van der Waals surface area contributed by atoms with Gasteiger partial charge in [-0.3, -0.25) is 4.79 Å². The lowest BCUT2D eigenvalue weighted by Crippen LogP contribution is -2.14. The number of benzene rings is 2. The molecule has 0 saturated heterocycles. The van der Waals surface area contributed by atoms with Gasteiger partial charge in [0.25, 0.3) is 5.91 Å². The van der Waals surface area contributed by atoms with Crippen molar-refractivity contribution in [1.82, 2.24) is 0 Å². The van der Waals surface area contributed by atoms with E-state index in [4.69, 9.17) is 17.3 Å². The Morgan fingerprint density at radius 2 is 2.08 bits per heavy atom. The molecule has 0 radical (unpaired) electrons. The number of amides is 1. The molecular weight excluding hydrogens is 392 g/mol. The molecule has 1 amide bonds. The number of nitrogens with one attached hydrogen (secondary N) is 2. The van der Waals surface area contributed by atoms with Crippen LogP contribution < -0.4 is 16.4 Å². The lowest BCUT2D eigenvalue weighted by molar-refractivity contribution is -0.112. The van der Waals surface area contributed by atoms with Gasteiger partial charge in [-0.2, -0.15) is 5.26 Å². The number of hydrogen-bond donors (Lipinski definition) is 3. The molecular formula is C17H14BrClN4O. The molecule has 0 unspecified atom stereocenters. The van der Waals surface area contributed by atoms with Crippen LogP contribution in [0.25, 0.3) is 0 Å². The number of nitriles is 1. The van der Waals surface area contributed by atoms with Gasteiger partial charge in [-0.15, -0.1) is 0 Å². The molecule has 0 atom stereocenters. The molecule has 5 nitrogen and oxygen atoms in total. The van der Waals surface area contributed by atoms with Crippen LogP contribution in [0.3, 0.4) is 0 Å². The maximum absolute atomic E-state index is 12.2. The van der Waals surface area contributed by atoms with Gasteiger partial charge in [-0.1, -0.05) is 27.5 Å². The number of hydrogen-bond acceptors (Lipinski definition) is 4. The van der Waals surface area contributed by atoms with Crippen molar-refractivity contribution in [3.8, 4) is 6.07 Å². The molecule has 0 bridgehead atoms. The van der Waals surface area contributed by atoms with E-state index >= 15 is 0 Å². The summed E-state index contributed by atoms with van der Waals surface area (Å²) in [5, 5.41) is 15.1. The summed E-state index contributed by atoms with van der Waals surface area (Å²) in [7, 11) is 0. The van der Waals surface area contributed by atoms with Crippen LogP contribution in [0.1, 0.15) is 5.56 Å². The van der Waals surface area contributed by atoms with Crippen LogP contribution in [-0.4, -0.2) is 5.91 Å². The van der Waals surface area contributed by atoms with Crippen molar-refractivity contribution in [2.75, 3.05) is 16.4 Å². The van der Waals surface area contributed by atoms with Gasteiger partial charge in [0, 0.05) is 22.0 Å². The fourth-order valence-corrected chi connectivity index (χ4v) is 2.55. The molecule has 2 rings (SSSR count). The second-order valence-electron chi connectivity index (χ2n) is 4.96. The first-order chi connectivity index (χ1) is 11.4. The smallest absolute Gasteiger partial charge is 0.267 e. The number of nitrogen functional groups attached to an aromatic ring is 1. The zero-order valence-electron chi connectivity index (χ0n) is 12.7. The highest BCUT2D eigenvalue weighted by atomic mass is 79.9. The van der Waals surface area contributed by atoms with E-state index in [-0.39, 0.29) is 5.57 Å². The van der Waals surface area contributed by atoms with Gasteiger partial charge in [0.05, 0.1) is 10.7 Å². The minimum absolute atomic E-state index is 0.0646. The first-order valence-electron chi connectivity index (χ1n) is 6.90. The maximum atomic E-state index is 12.2.